The molecule has 0 amide bonds. The number of nitrogens with zero attached hydrogens (tertiary/aromatic N) is 1. The molecule has 1 unspecified atom stereocenters. The molecule has 1 atom stereocenters. The Hall–Kier alpha value is -3.16. The molecule has 0 spiro atoms. The quantitative estimate of drug-likeness (QED) is 0.319. The van der Waals surface area contributed by atoms with Gasteiger partial charge in [-0.2, -0.15) is 13.2 Å². The molecule has 2 aromatic carbocycles. The van der Waals surface area contributed by atoms with Crippen LogP contribution < -0.4 is 9.47 Å². The summed E-state index contributed by atoms with van der Waals surface area (Å²) in [5.74, 6) is 0.116. The minimum Gasteiger partial charge on any atom is -0.490 e. The van der Waals surface area contributed by atoms with Gasteiger partial charge in [0.25, 0.3) is 0 Å². The zero-order valence-electron chi connectivity index (χ0n) is 21.2. The number of hydrogen-bond acceptors (Lipinski definition) is 4. The van der Waals surface area contributed by atoms with Crippen LogP contribution in [0.4, 0.5) is 13.2 Å². The summed E-state index contributed by atoms with van der Waals surface area (Å²) in [6, 6.07) is 11.7. The molecule has 0 aliphatic carbocycles. The lowest BCUT2D eigenvalue weighted by atomic mass is 10.1. The van der Waals surface area contributed by atoms with Crippen molar-refractivity contribution < 1.29 is 32.2 Å². The number of hydrogen-bond donors (Lipinski definition) is 0. The standard InChI is InChI=1S/C28H32F3NO4/c1-17(2)35-25-11-6-18(12-23(25)28(29,30)31)16-34-22-10-7-19-13-20-8-9-21(32(20)24(19)15-22)14-26(33)36-27(3,4)5/h6-7,10-13,15,17,21H,8-9,14,16H2,1-5H3. The van der Waals surface area contributed by atoms with Crippen molar-refractivity contribution in [1.82, 2.24) is 4.57 Å². The number of fused-ring (bicyclic) bond motifs is 3. The van der Waals surface area contributed by atoms with E-state index in [1.165, 1.54) is 6.07 Å². The molecule has 5 nitrogen and oxygen atoms in total. The molecule has 3 aromatic rings. The van der Waals surface area contributed by atoms with Crippen LogP contribution >= 0.6 is 0 Å². The maximum atomic E-state index is 13.6. The Labute approximate surface area is 209 Å². The number of carbonyl (C=O) groups excluding carboxylic acids is 1. The highest BCUT2D eigenvalue weighted by atomic mass is 19.4. The van der Waals surface area contributed by atoms with Gasteiger partial charge < -0.3 is 18.8 Å². The zero-order chi connectivity index (χ0) is 26.3. The van der Waals surface area contributed by atoms with Crippen molar-refractivity contribution in [1.29, 1.82) is 0 Å². The largest absolute Gasteiger partial charge is 0.490 e. The number of ether oxygens (including phenoxy) is 3. The lowest BCUT2D eigenvalue weighted by Crippen LogP contribution is -2.25. The van der Waals surface area contributed by atoms with E-state index in [1.54, 1.807) is 19.9 Å². The molecule has 2 heterocycles. The number of rotatable bonds is 7. The second-order valence-electron chi connectivity index (χ2n) is 10.5. The van der Waals surface area contributed by atoms with E-state index in [4.69, 9.17) is 14.2 Å². The molecule has 0 saturated carbocycles. The highest BCUT2D eigenvalue weighted by Gasteiger charge is 2.35. The van der Waals surface area contributed by atoms with E-state index >= 15 is 0 Å². The summed E-state index contributed by atoms with van der Waals surface area (Å²) < 4.78 is 59.6. The van der Waals surface area contributed by atoms with Crippen LogP contribution in [0.3, 0.4) is 0 Å². The SMILES string of the molecule is CC(C)Oc1ccc(COc2ccc3cc4n(c3c2)C(CC(=O)OC(C)(C)C)CC4)cc1C(F)(F)F. The minimum absolute atomic E-state index is 0.00885. The summed E-state index contributed by atoms with van der Waals surface area (Å²) in [6.07, 6.45) is -2.91. The van der Waals surface area contributed by atoms with Crippen LogP contribution in [0.2, 0.25) is 0 Å². The Balaban J connectivity index is 1.53. The van der Waals surface area contributed by atoms with Crippen LogP contribution in [-0.4, -0.2) is 22.2 Å². The van der Waals surface area contributed by atoms with Crippen molar-refractivity contribution in [2.24, 2.45) is 0 Å². The monoisotopic (exact) mass is 503 g/mol. The Bertz CT molecular complexity index is 1250. The Morgan fingerprint density at radius 1 is 1.08 bits per heavy atom. The molecule has 1 aromatic heterocycles. The van der Waals surface area contributed by atoms with Crippen LogP contribution in [0.1, 0.15) is 70.3 Å². The number of halogens is 3. The highest BCUT2D eigenvalue weighted by molar-refractivity contribution is 5.84. The molecule has 4 rings (SSSR count). The van der Waals surface area contributed by atoms with Gasteiger partial charge in [-0.25, -0.2) is 0 Å². The topological polar surface area (TPSA) is 49.7 Å². The van der Waals surface area contributed by atoms with Crippen molar-refractivity contribution >= 4 is 16.9 Å². The fraction of sp³-hybridized carbons (Fsp3) is 0.464. The average Bonchev–Trinajstić information content (AvgIpc) is 3.30. The van der Waals surface area contributed by atoms with Crippen LogP contribution in [-0.2, 0) is 28.7 Å². The van der Waals surface area contributed by atoms with Crippen molar-refractivity contribution in [2.75, 3.05) is 0 Å². The minimum atomic E-state index is -4.53. The predicted octanol–water partition coefficient (Wildman–Crippen LogP) is 7.25. The van der Waals surface area contributed by atoms with Crippen LogP contribution in [0.25, 0.3) is 10.9 Å². The maximum absolute atomic E-state index is 13.6. The van der Waals surface area contributed by atoms with Gasteiger partial charge >= 0.3 is 12.1 Å². The third-order valence-corrected chi connectivity index (χ3v) is 5.93. The van der Waals surface area contributed by atoms with Gasteiger partial charge in [0.05, 0.1) is 23.6 Å². The van der Waals surface area contributed by atoms with Crippen molar-refractivity contribution in [3.05, 3.63) is 59.3 Å². The second-order valence-corrected chi connectivity index (χ2v) is 10.5. The Morgan fingerprint density at radius 2 is 1.83 bits per heavy atom. The summed E-state index contributed by atoms with van der Waals surface area (Å²) in [7, 11) is 0. The van der Waals surface area contributed by atoms with E-state index in [-0.39, 0.29) is 36.9 Å². The van der Waals surface area contributed by atoms with Crippen LogP contribution in [0.15, 0.2) is 42.5 Å². The first-order chi connectivity index (χ1) is 16.8. The molecule has 194 valence electrons. The molecule has 1 aliphatic heterocycles. The first-order valence-corrected chi connectivity index (χ1v) is 12.2. The summed E-state index contributed by atoms with van der Waals surface area (Å²) in [6.45, 7) is 8.89. The Morgan fingerprint density at radius 3 is 2.50 bits per heavy atom. The smallest absolute Gasteiger partial charge is 0.419 e. The Kier molecular flexibility index (Phi) is 6.99. The first kappa shape index (κ1) is 25.9. The molecular formula is C28H32F3NO4. The number of aromatic nitrogens is 1. The van der Waals surface area contributed by atoms with E-state index in [9.17, 15) is 18.0 Å². The number of aryl methyl sites for hydroxylation is 1. The normalized spacial score (nSPS) is 15.9. The number of esters is 1. The molecule has 0 bridgehead atoms. The third kappa shape index (κ3) is 5.97. The fourth-order valence-corrected chi connectivity index (χ4v) is 4.60. The number of carbonyl (C=O) groups is 1. The second kappa shape index (κ2) is 9.71. The van der Waals surface area contributed by atoms with Gasteiger partial charge in [0.1, 0.15) is 23.7 Å². The van der Waals surface area contributed by atoms with Crippen LogP contribution in [0.5, 0.6) is 11.5 Å². The number of alkyl halides is 3. The molecular weight excluding hydrogens is 471 g/mol. The van der Waals surface area contributed by atoms with E-state index in [2.05, 4.69) is 10.6 Å². The predicted molar refractivity (Wildman–Crippen MR) is 131 cm³/mol. The van der Waals surface area contributed by atoms with Crippen molar-refractivity contribution in [3.63, 3.8) is 0 Å². The van der Waals surface area contributed by atoms with Gasteiger partial charge in [-0.3, -0.25) is 4.79 Å². The van der Waals surface area contributed by atoms with Gasteiger partial charge in [0, 0.05) is 23.2 Å². The summed E-state index contributed by atoms with van der Waals surface area (Å²) in [5.41, 5.74) is 1.11. The molecule has 36 heavy (non-hydrogen) atoms. The summed E-state index contributed by atoms with van der Waals surface area (Å²) in [4.78, 5) is 12.4. The van der Waals surface area contributed by atoms with Gasteiger partial charge in [0.2, 0.25) is 0 Å². The molecule has 0 saturated heterocycles. The number of benzene rings is 2. The zero-order valence-corrected chi connectivity index (χ0v) is 21.2. The molecule has 0 N–H and O–H groups in total. The molecule has 0 radical (unpaired) electrons. The molecule has 1 aliphatic rings. The van der Waals surface area contributed by atoms with Crippen molar-refractivity contribution in [3.8, 4) is 11.5 Å². The molecule has 8 heteroatoms. The first-order valence-electron chi connectivity index (χ1n) is 12.2. The van der Waals surface area contributed by atoms with Gasteiger partial charge in [-0.15, -0.1) is 0 Å². The maximum Gasteiger partial charge on any atom is 0.419 e. The third-order valence-electron chi connectivity index (χ3n) is 5.93. The molecule has 0 fully saturated rings. The van der Waals surface area contributed by atoms with E-state index in [0.717, 1.165) is 35.5 Å². The van der Waals surface area contributed by atoms with Gasteiger partial charge in [-0.05, 0) is 83.4 Å². The lowest BCUT2D eigenvalue weighted by molar-refractivity contribution is -0.155. The summed E-state index contributed by atoms with van der Waals surface area (Å²) >= 11 is 0. The lowest BCUT2D eigenvalue weighted by Gasteiger charge is -2.22. The van der Waals surface area contributed by atoms with E-state index in [0.29, 0.717) is 11.3 Å². The fourth-order valence-electron chi connectivity index (χ4n) is 4.60. The van der Waals surface area contributed by atoms with Crippen LogP contribution in [0, 0.1) is 0 Å². The highest BCUT2D eigenvalue weighted by Crippen LogP contribution is 2.39. The van der Waals surface area contributed by atoms with Gasteiger partial charge in [0.15, 0.2) is 0 Å². The van der Waals surface area contributed by atoms with E-state index in [1.807, 2.05) is 39.0 Å². The average molecular weight is 504 g/mol. The van der Waals surface area contributed by atoms with E-state index < -0.39 is 17.3 Å². The summed E-state index contributed by atoms with van der Waals surface area (Å²) in [5, 5.41) is 1.03. The van der Waals surface area contributed by atoms with Crippen molar-refractivity contribution in [2.45, 2.75) is 84.4 Å². The van der Waals surface area contributed by atoms with Gasteiger partial charge in [-0.1, -0.05) is 6.07 Å².